The minimum absolute atomic E-state index is 0.0646. The van der Waals surface area contributed by atoms with Gasteiger partial charge < -0.3 is 15.4 Å². The van der Waals surface area contributed by atoms with Crippen LogP contribution >= 0.6 is 11.3 Å². The minimum Gasteiger partial charge on any atom is -0.379 e. The maximum absolute atomic E-state index is 13.1. The normalized spacial score (nSPS) is 16.1. The van der Waals surface area contributed by atoms with Crippen LogP contribution in [-0.2, 0) is 9.53 Å². The van der Waals surface area contributed by atoms with Crippen molar-refractivity contribution >= 4 is 28.2 Å². The average molecular weight is 430 g/mol. The van der Waals surface area contributed by atoms with Crippen molar-refractivity contribution in [3.63, 3.8) is 0 Å². The van der Waals surface area contributed by atoms with Gasteiger partial charge in [-0.1, -0.05) is 51.1 Å². The fraction of sp³-hybridized carbons (Fsp3) is 0.478. The van der Waals surface area contributed by atoms with Gasteiger partial charge in [-0.15, -0.1) is 11.3 Å². The van der Waals surface area contributed by atoms with E-state index in [-0.39, 0.29) is 17.9 Å². The second kappa shape index (κ2) is 9.73. The van der Waals surface area contributed by atoms with Gasteiger partial charge in [0, 0.05) is 25.0 Å². The van der Waals surface area contributed by atoms with Crippen molar-refractivity contribution in [2.45, 2.75) is 33.7 Å². The predicted molar refractivity (Wildman–Crippen MR) is 121 cm³/mol. The number of morpholine rings is 1. The minimum atomic E-state index is -0.489. The smallest absolute Gasteiger partial charge is 0.262 e. The molecule has 0 spiro atoms. The molecular weight excluding hydrogens is 398 g/mol. The number of amides is 2. The van der Waals surface area contributed by atoms with E-state index < -0.39 is 5.41 Å². The number of aryl methyl sites for hydroxylation is 1. The molecule has 0 saturated carbocycles. The third-order valence-electron chi connectivity index (χ3n) is 5.09. The zero-order chi connectivity index (χ0) is 21.7. The first-order valence-electron chi connectivity index (χ1n) is 10.3. The molecule has 2 aromatic rings. The first-order chi connectivity index (χ1) is 14.2. The molecule has 1 aromatic heterocycles. The summed E-state index contributed by atoms with van der Waals surface area (Å²) >= 11 is 1.32. The lowest BCUT2D eigenvalue weighted by Crippen LogP contribution is -2.43. The van der Waals surface area contributed by atoms with E-state index in [1.807, 2.05) is 64.1 Å². The lowest BCUT2D eigenvalue weighted by molar-refractivity contribution is -0.123. The molecule has 7 heteroatoms. The van der Waals surface area contributed by atoms with Crippen LogP contribution < -0.4 is 10.6 Å². The van der Waals surface area contributed by atoms with Crippen LogP contribution in [0.3, 0.4) is 0 Å². The van der Waals surface area contributed by atoms with Crippen molar-refractivity contribution in [2.24, 2.45) is 5.41 Å². The summed E-state index contributed by atoms with van der Waals surface area (Å²) in [4.78, 5) is 28.4. The molecule has 1 unspecified atom stereocenters. The Balaban J connectivity index is 1.74. The van der Waals surface area contributed by atoms with Gasteiger partial charge in [0.2, 0.25) is 5.91 Å². The zero-order valence-electron chi connectivity index (χ0n) is 18.2. The third kappa shape index (κ3) is 5.90. The van der Waals surface area contributed by atoms with Crippen molar-refractivity contribution < 1.29 is 14.3 Å². The van der Waals surface area contributed by atoms with Crippen LogP contribution in [-0.4, -0.2) is 49.6 Å². The number of thiophene rings is 1. The number of hydrogen-bond donors (Lipinski definition) is 2. The van der Waals surface area contributed by atoms with E-state index in [2.05, 4.69) is 15.5 Å². The largest absolute Gasteiger partial charge is 0.379 e. The van der Waals surface area contributed by atoms with Gasteiger partial charge in [0.05, 0.1) is 29.1 Å². The first kappa shape index (κ1) is 22.5. The summed E-state index contributed by atoms with van der Waals surface area (Å²) in [5.41, 5.74) is 1.45. The Labute approximate surface area is 182 Å². The molecule has 6 nitrogen and oxygen atoms in total. The molecule has 1 aliphatic heterocycles. The molecule has 1 saturated heterocycles. The number of nitrogens with zero attached hydrogens (tertiary/aromatic N) is 1. The highest BCUT2D eigenvalue weighted by Crippen LogP contribution is 2.29. The Kier molecular flexibility index (Phi) is 7.28. The van der Waals surface area contributed by atoms with E-state index in [0.717, 1.165) is 44.0 Å². The van der Waals surface area contributed by atoms with E-state index in [1.54, 1.807) is 0 Å². The van der Waals surface area contributed by atoms with Gasteiger partial charge in [-0.2, -0.15) is 0 Å². The Hall–Kier alpha value is -2.22. The number of anilines is 1. The topological polar surface area (TPSA) is 70.7 Å². The lowest BCUT2D eigenvalue weighted by Gasteiger charge is -2.31. The fourth-order valence-corrected chi connectivity index (χ4v) is 4.22. The summed E-state index contributed by atoms with van der Waals surface area (Å²) in [7, 11) is 0. The second-order valence-corrected chi connectivity index (χ2v) is 9.73. The molecule has 2 amide bonds. The first-order valence-corrected chi connectivity index (χ1v) is 11.1. The van der Waals surface area contributed by atoms with Gasteiger partial charge in [-0.3, -0.25) is 14.5 Å². The molecule has 162 valence electrons. The Morgan fingerprint density at radius 1 is 1.17 bits per heavy atom. The lowest BCUT2D eigenvalue weighted by atomic mass is 9.96. The monoisotopic (exact) mass is 429 g/mol. The van der Waals surface area contributed by atoms with Crippen molar-refractivity contribution in [3.8, 4) is 0 Å². The third-order valence-corrected chi connectivity index (χ3v) is 6.24. The fourth-order valence-electron chi connectivity index (χ4n) is 3.25. The summed E-state index contributed by atoms with van der Waals surface area (Å²) < 4.78 is 5.45. The molecule has 1 aromatic carbocycles. The quantitative estimate of drug-likeness (QED) is 0.732. The van der Waals surface area contributed by atoms with Gasteiger partial charge in [0.15, 0.2) is 0 Å². The van der Waals surface area contributed by atoms with Gasteiger partial charge in [-0.05, 0) is 24.1 Å². The van der Waals surface area contributed by atoms with Crippen LogP contribution in [0.2, 0.25) is 0 Å². The highest BCUT2D eigenvalue weighted by Gasteiger charge is 2.25. The highest BCUT2D eigenvalue weighted by atomic mass is 32.1. The van der Waals surface area contributed by atoms with Crippen LogP contribution in [0.5, 0.6) is 0 Å². The molecule has 0 aliphatic carbocycles. The molecule has 1 atom stereocenters. The number of rotatable bonds is 6. The number of hydrogen-bond acceptors (Lipinski definition) is 5. The zero-order valence-corrected chi connectivity index (χ0v) is 19.0. The van der Waals surface area contributed by atoms with Crippen molar-refractivity contribution in [3.05, 3.63) is 52.4 Å². The molecule has 2 N–H and O–H groups in total. The molecule has 0 radical (unpaired) electrons. The van der Waals surface area contributed by atoms with Gasteiger partial charge >= 0.3 is 0 Å². The van der Waals surface area contributed by atoms with Gasteiger partial charge in [0.25, 0.3) is 5.91 Å². The number of nitrogens with one attached hydrogen (secondary N) is 2. The Bertz CT molecular complexity index is 868. The second-order valence-electron chi connectivity index (χ2n) is 8.68. The molecule has 0 bridgehead atoms. The summed E-state index contributed by atoms with van der Waals surface area (Å²) in [6, 6.07) is 11.8. The number of benzene rings is 1. The van der Waals surface area contributed by atoms with Gasteiger partial charge in [0.1, 0.15) is 0 Å². The summed E-state index contributed by atoms with van der Waals surface area (Å²) in [6.07, 6.45) is 0. The van der Waals surface area contributed by atoms with Crippen LogP contribution in [0, 0.1) is 12.3 Å². The van der Waals surface area contributed by atoms with Crippen LogP contribution in [0.15, 0.2) is 36.4 Å². The highest BCUT2D eigenvalue weighted by molar-refractivity contribution is 7.18. The maximum atomic E-state index is 13.1. The van der Waals surface area contributed by atoms with Crippen LogP contribution in [0.4, 0.5) is 5.00 Å². The Morgan fingerprint density at radius 2 is 1.83 bits per heavy atom. The van der Waals surface area contributed by atoms with E-state index in [1.165, 1.54) is 11.3 Å². The average Bonchev–Trinajstić information content (AvgIpc) is 3.08. The molecule has 2 heterocycles. The Morgan fingerprint density at radius 3 is 2.47 bits per heavy atom. The molecule has 3 rings (SSSR count). The number of carbonyl (C=O) groups excluding carboxylic acids is 2. The van der Waals surface area contributed by atoms with Crippen molar-refractivity contribution in [1.82, 2.24) is 10.2 Å². The van der Waals surface area contributed by atoms with Crippen LogP contribution in [0.1, 0.15) is 47.6 Å². The maximum Gasteiger partial charge on any atom is 0.262 e. The molecule has 1 fully saturated rings. The standard InChI is InChI=1S/C23H31N3O3S/c1-16-14-19(25-22(28)23(2,3)4)30-20(16)21(27)24-18(17-8-6-5-7-9-17)15-26-10-12-29-13-11-26/h5-9,14,18H,10-13,15H2,1-4H3,(H,24,27)(H,25,28). The van der Waals surface area contributed by atoms with E-state index in [0.29, 0.717) is 9.88 Å². The van der Waals surface area contributed by atoms with E-state index in [4.69, 9.17) is 4.74 Å². The molecule has 1 aliphatic rings. The van der Waals surface area contributed by atoms with Crippen molar-refractivity contribution in [1.29, 1.82) is 0 Å². The summed E-state index contributed by atoms with van der Waals surface area (Å²) in [5, 5.41) is 6.83. The SMILES string of the molecule is Cc1cc(NC(=O)C(C)(C)C)sc1C(=O)NC(CN1CCOCC1)c1ccccc1. The predicted octanol–water partition coefficient (Wildman–Crippen LogP) is 3.84. The molecule has 30 heavy (non-hydrogen) atoms. The van der Waals surface area contributed by atoms with Gasteiger partial charge in [-0.25, -0.2) is 0 Å². The number of ether oxygens (including phenoxy) is 1. The van der Waals surface area contributed by atoms with E-state index in [9.17, 15) is 9.59 Å². The van der Waals surface area contributed by atoms with E-state index >= 15 is 0 Å². The number of carbonyl (C=O) groups is 2. The molecular formula is C23H31N3O3S. The summed E-state index contributed by atoms with van der Waals surface area (Å²) in [5.74, 6) is -0.180. The van der Waals surface area contributed by atoms with Crippen LogP contribution in [0.25, 0.3) is 0 Å². The summed E-state index contributed by atoms with van der Waals surface area (Å²) in [6.45, 7) is 11.4. The van der Waals surface area contributed by atoms with Crippen molar-refractivity contribution in [2.75, 3.05) is 38.2 Å².